The molecular formula is C24H29NO6. The van der Waals surface area contributed by atoms with Crippen LogP contribution in [0.25, 0.3) is 0 Å². The summed E-state index contributed by atoms with van der Waals surface area (Å²) in [7, 11) is 0. The molecule has 166 valence electrons. The Hall–Kier alpha value is -3.22. The van der Waals surface area contributed by atoms with E-state index < -0.39 is 12.1 Å². The summed E-state index contributed by atoms with van der Waals surface area (Å²) >= 11 is 0. The molecule has 0 N–H and O–H groups in total. The number of esters is 1. The topological polar surface area (TPSA) is 74.3 Å². The zero-order valence-corrected chi connectivity index (χ0v) is 18.5. The maximum absolute atomic E-state index is 12.9. The molecule has 0 saturated carbocycles. The number of benzene rings is 2. The van der Waals surface area contributed by atoms with Gasteiger partial charge in [-0.2, -0.15) is 0 Å². The molecule has 1 aliphatic heterocycles. The largest absolute Gasteiger partial charge is 0.490 e. The van der Waals surface area contributed by atoms with E-state index in [-0.39, 0.29) is 11.5 Å². The van der Waals surface area contributed by atoms with E-state index in [9.17, 15) is 9.59 Å². The van der Waals surface area contributed by atoms with Crippen LogP contribution in [0.3, 0.4) is 0 Å². The van der Waals surface area contributed by atoms with Crippen molar-refractivity contribution in [1.82, 2.24) is 0 Å². The lowest BCUT2D eigenvalue weighted by Crippen LogP contribution is -2.39. The van der Waals surface area contributed by atoms with Crippen molar-refractivity contribution in [2.75, 3.05) is 31.3 Å². The second-order valence-electron chi connectivity index (χ2n) is 7.02. The Morgan fingerprint density at radius 1 is 0.968 bits per heavy atom. The normalized spacial score (nSPS) is 13.4. The Bertz CT molecular complexity index is 914. The number of rotatable bonds is 9. The van der Waals surface area contributed by atoms with Gasteiger partial charge in [-0.3, -0.25) is 4.79 Å². The first-order valence-electron chi connectivity index (χ1n) is 10.7. The lowest BCUT2D eigenvalue weighted by atomic mass is 10.1. The van der Waals surface area contributed by atoms with Gasteiger partial charge in [0, 0.05) is 12.2 Å². The lowest BCUT2D eigenvalue weighted by Gasteiger charge is -2.22. The number of hydrogen-bond donors (Lipinski definition) is 0. The third-order valence-corrected chi connectivity index (χ3v) is 4.93. The van der Waals surface area contributed by atoms with Gasteiger partial charge in [-0.15, -0.1) is 0 Å². The maximum atomic E-state index is 12.9. The van der Waals surface area contributed by atoms with Crippen LogP contribution in [-0.4, -0.2) is 44.3 Å². The number of para-hydroxylation sites is 1. The van der Waals surface area contributed by atoms with E-state index in [0.717, 1.165) is 17.7 Å². The summed E-state index contributed by atoms with van der Waals surface area (Å²) < 4.78 is 22.5. The van der Waals surface area contributed by atoms with Gasteiger partial charge in [-0.25, -0.2) is 4.79 Å². The summed E-state index contributed by atoms with van der Waals surface area (Å²) in [5.41, 5.74) is 2.22. The Morgan fingerprint density at radius 3 is 2.19 bits per heavy atom. The average Bonchev–Trinajstić information content (AvgIpc) is 3.19. The minimum Gasteiger partial charge on any atom is -0.490 e. The summed E-state index contributed by atoms with van der Waals surface area (Å²) in [6.07, 6.45) is -0.145. The Labute approximate surface area is 182 Å². The number of ether oxygens (including phenoxy) is 4. The zero-order valence-electron chi connectivity index (χ0n) is 18.5. The highest BCUT2D eigenvalue weighted by molar-refractivity contribution is 6.00. The summed E-state index contributed by atoms with van der Waals surface area (Å²) in [4.78, 5) is 27.5. The van der Waals surface area contributed by atoms with Crippen LogP contribution in [0.4, 0.5) is 5.69 Å². The Kier molecular flexibility index (Phi) is 7.39. The van der Waals surface area contributed by atoms with Gasteiger partial charge in [-0.1, -0.05) is 18.2 Å². The summed E-state index contributed by atoms with van der Waals surface area (Å²) in [6.45, 7) is 8.92. The molecule has 31 heavy (non-hydrogen) atoms. The SMILES string of the molecule is CCOc1cc(C(=O)O[C@@H](C)C(=O)N2CCc3ccccc32)cc(OCC)c1OCC. The monoisotopic (exact) mass is 427 g/mol. The number of anilines is 1. The predicted octanol–water partition coefficient (Wildman–Crippen LogP) is 4.02. The highest BCUT2D eigenvalue weighted by atomic mass is 16.6. The standard InChI is InChI=1S/C24H29NO6/c1-5-28-20-14-18(15-21(29-6-2)22(20)30-7-3)24(27)31-16(4)23(26)25-13-12-17-10-8-9-11-19(17)25/h8-11,14-16H,5-7,12-13H2,1-4H3/t16-/m0/s1. The van der Waals surface area contributed by atoms with E-state index in [1.807, 2.05) is 45.0 Å². The molecule has 0 saturated heterocycles. The number of nitrogens with zero attached hydrogens (tertiary/aromatic N) is 1. The Balaban J connectivity index is 1.79. The van der Waals surface area contributed by atoms with E-state index in [4.69, 9.17) is 18.9 Å². The highest BCUT2D eigenvalue weighted by Crippen LogP contribution is 2.39. The maximum Gasteiger partial charge on any atom is 0.339 e. The predicted molar refractivity (Wildman–Crippen MR) is 117 cm³/mol. The highest BCUT2D eigenvalue weighted by Gasteiger charge is 2.30. The van der Waals surface area contributed by atoms with E-state index >= 15 is 0 Å². The third kappa shape index (κ3) is 4.93. The second-order valence-corrected chi connectivity index (χ2v) is 7.02. The van der Waals surface area contributed by atoms with E-state index in [0.29, 0.717) is 43.6 Å². The third-order valence-electron chi connectivity index (χ3n) is 4.93. The quantitative estimate of drug-likeness (QED) is 0.563. The molecule has 0 fully saturated rings. The molecule has 7 nitrogen and oxygen atoms in total. The first-order valence-corrected chi connectivity index (χ1v) is 10.7. The molecule has 1 aliphatic rings. The fraction of sp³-hybridized carbons (Fsp3) is 0.417. The molecule has 0 aromatic heterocycles. The first kappa shape index (κ1) is 22.5. The van der Waals surface area contributed by atoms with Crippen molar-refractivity contribution in [2.45, 2.75) is 40.2 Å². The van der Waals surface area contributed by atoms with Crippen LogP contribution in [0.2, 0.25) is 0 Å². The smallest absolute Gasteiger partial charge is 0.339 e. The van der Waals surface area contributed by atoms with Crippen LogP contribution in [-0.2, 0) is 16.0 Å². The van der Waals surface area contributed by atoms with E-state index in [1.54, 1.807) is 24.0 Å². The van der Waals surface area contributed by atoms with E-state index in [1.165, 1.54) is 0 Å². The van der Waals surface area contributed by atoms with Gasteiger partial charge >= 0.3 is 5.97 Å². The molecule has 7 heteroatoms. The number of fused-ring (bicyclic) bond motifs is 1. The van der Waals surface area contributed by atoms with Crippen molar-refractivity contribution in [3.8, 4) is 17.2 Å². The van der Waals surface area contributed by atoms with Gasteiger partial charge in [-0.05, 0) is 57.9 Å². The van der Waals surface area contributed by atoms with Gasteiger partial charge in [0.2, 0.25) is 5.75 Å². The van der Waals surface area contributed by atoms with Crippen LogP contribution < -0.4 is 19.1 Å². The number of carbonyl (C=O) groups excluding carboxylic acids is 2. The van der Waals surface area contributed by atoms with Crippen molar-refractivity contribution < 1.29 is 28.5 Å². The molecule has 2 aromatic rings. The van der Waals surface area contributed by atoms with Crippen molar-refractivity contribution >= 4 is 17.6 Å². The number of hydrogen-bond acceptors (Lipinski definition) is 6. The first-order chi connectivity index (χ1) is 15.0. The molecule has 0 radical (unpaired) electrons. The fourth-order valence-electron chi connectivity index (χ4n) is 3.57. The molecule has 1 amide bonds. The summed E-state index contributed by atoms with van der Waals surface area (Å²) in [6, 6.07) is 10.9. The fourth-order valence-corrected chi connectivity index (χ4v) is 3.57. The van der Waals surface area contributed by atoms with Gasteiger partial charge in [0.05, 0.1) is 25.4 Å². The molecule has 3 rings (SSSR count). The molecule has 0 bridgehead atoms. The molecule has 0 aliphatic carbocycles. The van der Waals surface area contributed by atoms with Crippen LogP contribution >= 0.6 is 0 Å². The van der Waals surface area contributed by atoms with Crippen molar-refractivity contribution in [3.63, 3.8) is 0 Å². The van der Waals surface area contributed by atoms with Crippen LogP contribution in [0, 0.1) is 0 Å². The molecule has 0 unspecified atom stereocenters. The minimum atomic E-state index is -0.934. The van der Waals surface area contributed by atoms with Gasteiger partial charge < -0.3 is 23.8 Å². The second kappa shape index (κ2) is 10.2. The molecule has 1 atom stereocenters. The average molecular weight is 427 g/mol. The minimum absolute atomic E-state index is 0.233. The van der Waals surface area contributed by atoms with Gasteiger partial charge in [0.25, 0.3) is 5.91 Å². The zero-order chi connectivity index (χ0) is 22.4. The molecule has 1 heterocycles. The van der Waals surface area contributed by atoms with Crippen LogP contribution in [0.15, 0.2) is 36.4 Å². The Morgan fingerprint density at radius 2 is 1.58 bits per heavy atom. The summed E-state index contributed by atoms with van der Waals surface area (Å²) in [5, 5.41) is 0. The number of amides is 1. The molecule has 0 spiro atoms. The van der Waals surface area contributed by atoms with Crippen LogP contribution in [0.1, 0.15) is 43.6 Å². The van der Waals surface area contributed by atoms with Crippen LogP contribution in [0.5, 0.6) is 17.2 Å². The van der Waals surface area contributed by atoms with Crippen molar-refractivity contribution in [2.24, 2.45) is 0 Å². The number of carbonyl (C=O) groups is 2. The molecular weight excluding hydrogens is 398 g/mol. The van der Waals surface area contributed by atoms with E-state index in [2.05, 4.69) is 0 Å². The van der Waals surface area contributed by atoms with Gasteiger partial charge in [0.15, 0.2) is 17.6 Å². The summed E-state index contributed by atoms with van der Waals surface area (Å²) in [5.74, 6) is 0.363. The lowest BCUT2D eigenvalue weighted by molar-refractivity contribution is -0.126. The molecule has 2 aromatic carbocycles. The van der Waals surface area contributed by atoms with Crippen molar-refractivity contribution in [3.05, 3.63) is 47.5 Å². The van der Waals surface area contributed by atoms with Gasteiger partial charge in [0.1, 0.15) is 0 Å². The van der Waals surface area contributed by atoms with Crippen molar-refractivity contribution in [1.29, 1.82) is 0 Å².